The lowest BCUT2D eigenvalue weighted by molar-refractivity contribution is -0.122. The summed E-state index contributed by atoms with van der Waals surface area (Å²) in [5, 5.41) is 2.73. The molecule has 1 atom stereocenters. The number of aromatic nitrogens is 1. The highest BCUT2D eigenvalue weighted by molar-refractivity contribution is 9.10. The molecule has 3 N–H and O–H groups in total. The van der Waals surface area contributed by atoms with Crippen LogP contribution in [0.4, 0.5) is 8.78 Å². The van der Waals surface area contributed by atoms with Gasteiger partial charge in [-0.15, -0.1) is 12.4 Å². The highest BCUT2D eigenvalue weighted by Crippen LogP contribution is 2.25. The molecule has 10 heteroatoms. The first-order valence-electron chi connectivity index (χ1n) is 9.79. The molecule has 2 aromatic carbocycles. The van der Waals surface area contributed by atoms with Crippen LogP contribution in [-0.4, -0.2) is 16.5 Å². The van der Waals surface area contributed by atoms with E-state index < -0.39 is 17.7 Å². The van der Waals surface area contributed by atoms with Crippen molar-refractivity contribution in [2.45, 2.75) is 33.0 Å². The Morgan fingerprint density at radius 3 is 2.45 bits per heavy atom. The predicted octanol–water partition coefficient (Wildman–Crippen LogP) is 4.15. The van der Waals surface area contributed by atoms with Crippen LogP contribution < -0.4 is 21.3 Å². The van der Waals surface area contributed by atoms with E-state index in [1.54, 1.807) is 44.2 Å². The van der Waals surface area contributed by atoms with Crippen LogP contribution in [0.1, 0.15) is 23.7 Å². The van der Waals surface area contributed by atoms with Crippen molar-refractivity contribution in [3.63, 3.8) is 0 Å². The van der Waals surface area contributed by atoms with Gasteiger partial charge in [-0.05, 0) is 59.6 Å². The normalized spacial score (nSPS) is 11.5. The zero-order valence-corrected chi connectivity index (χ0v) is 20.3. The monoisotopic (exact) mass is 541 g/mol. The average Bonchev–Trinajstić information content (AvgIpc) is 2.75. The Morgan fingerprint density at radius 1 is 1.18 bits per heavy atom. The summed E-state index contributed by atoms with van der Waals surface area (Å²) in [6, 6.07) is 11.4. The number of nitrogens with two attached hydrogens (primary N) is 1. The van der Waals surface area contributed by atoms with E-state index in [4.69, 9.17) is 10.5 Å². The summed E-state index contributed by atoms with van der Waals surface area (Å²) in [4.78, 5) is 24.6. The van der Waals surface area contributed by atoms with Gasteiger partial charge in [0.2, 0.25) is 5.91 Å². The Bertz CT molecular complexity index is 1200. The first-order valence-corrected chi connectivity index (χ1v) is 10.6. The van der Waals surface area contributed by atoms with Crippen LogP contribution >= 0.6 is 28.3 Å². The van der Waals surface area contributed by atoms with Crippen LogP contribution in [0.25, 0.3) is 5.69 Å². The van der Waals surface area contributed by atoms with Crippen molar-refractivity contribution in [2.24, 2.45) is 5.73 Å². The number of aryl methyl sites for hydroxylation is 1. The van der Waals surface area contributed by atoms with Crippen molar-refractivity contribution in [2.75, 3.05) is 0 Å². The second-order valence-corrected chi connectivity index (χ2v) is 8.09. The average molecular weight is 543 g/mol. The Kier molecular flexibility index (Phi) is 9.16. The SMILES string of the molecule is Cc1cc(OCc2ccc(F)cc2F)c(Br)c(=O)n1-c1ccc(CNC(=O)[C@H](C)N)cc1.Cl. The fourth-order valence-corrected chi connectivity index (χ4v) is 3.42. The Hall–Kier alpha value is -2.75. The van der Waals surface area contributed by atoms with Gasteiger partial charge in [0.1, 0.15) is 28.5 Å². The van der Waals surface area contributed by atoms with E-state index in [9.17, 15) is 18.4 Å². The molecule has 0 aliphatic heterocycles. The number of pyridine rings is 1. The van der Waals surface area contributed by atoms with Crippen molar-refractivity contribution < 1.29 is 18.3 Å². The van der Waals surface area contributed by atoms with Crippen LogP contribution in [0.2, 0.25) is 0 Å². The summed E-state index contributed by atoms with van der Waals surface area (Å²) in [5.74, 6) is -1.39. The summed E-state index contributed by atoms with van der Waals surface area (Å²) in [6.07, 6.45) is 0. The molecule has 1 aromatic heterocycles. The Morgan fingerprint density at radius 2 is 1.85 bits per heavy atom. The largest absolute Gasteiger partial charge is 0.487 e. The van der Waals surface area contributed by atoms with Crippen LogP contribution in [0.15, 0.2) is 57.8 Å². The number of nitrogens with one attached hydrogen (secondary N) is 1. The number of hydrogen-bond donors (Lipinski definition) is 2. The molecule has 0 aliphatic carbocycles. The van der Waals surface area contributed by atoms with Crippen molar-refractivity contribution in [3.8, 4) is 11.4 Å². The molecule has 1 heterocycles. The van der Waals surface area contributed by atoms with Gasteiger partial charge in [-0.3, -0.25) is 14.2 Å². The molecule has 0 saturated heterocycles. The summed E-state index contributed by atoms with van der Waals surface area (Å²) in [5.41, 5.74) is 7.44. The van der Waals surface area contributed by atoms with Gasteiger partial charge in [-0.2, -0.15) is 0 Å². The van der Waals surface area contributed by atoms with Crippen LogP contribution in [-0.2, 0) is 17.9 Å². The van der Waals surface area contributed by atoms with E-state index in [0.717, 1.165) is 17.7 Å². The Balaban J connectivity index is 0.00000385. The van der Waals surface area contributed by atoms with Gasteiger partial charge in [0, 0.05) is 35.6 Å². The number of halogens is 4. The minimum atomic E-state index is -0.719. The van der Waals surface area contributed by atoms with E-state index in [-0.39, 0.29) is 46.3 Å². The molecule has 176 valence electrons. The fourth-order valence-electron chi connectivity index (χ4n) is 3.01. The number of hydrogen-bond acceptors (Lipinski definition) is 4. The third-order valence-corrected chi connectivity index (χ3v) is 5.50. The quantitative estimate of drug-likeness (QED) is 0.470. The smallest absolute Gasteiger partial charge is 0.273 e. The second kappa shape index (κ2) is 11.4. The standard InChI is InChI=1S/C23H22BrF2N3O3.ClH/c1-13-9-20(32-12-16-5-6-17(25)10-19(16)26)21(24)23(31)29(13)18-7-3-15(4-8-18)11-28-22(30)14(2)27;/h3-10,14H,11-12,27H2,1-2H3,(H,28,30);1H/t14-;/m0./s1. The lowest BCUT2D eigenvalue weighted by Gasteiger charge is -2.15. The van der Waals surface area contributed by atoms with Gasteiger partial charge in [-0.25, -0.2) is 8.78 Å². The van der Waals surface area contributed by atoms with Gasteiger partial charge >= 0.3 is 0 Å². The molecule has 0 radical (unpaired) electrons. The van der Waals surface area contributed by atoms with Crippen LogP contribution in [0.5, 0.6) is 5.75 Å². The number of rotatable bonds is 7. The summed E-state index contributed by atoms with van der Waals surface area (Å²) < 4.78 is 34.2. The molecule has 3 rings (SSSR count). The molecule has 0 aliphatic rings. The van der Waals surface area contributed by atoms with Gasteiger partial charge in [0.25, 0.3) is 5.56 Å². The molecule has 0 fully saturated rings. The van der Waals surface area contributed by atoms with E-state index in [1.165, 1.54) is 10.6 Å². The number of amides is 1. The zero-order chi connectivity index (χ0) is 23.4. The Labute approximate surface area is 204 Å². The van der Waals surface area contributed by atoms with Crippen LogP contribution in [0.3, 0.4) is 0 Å². The van der Waals surface area contributed by atoms with Crippen molar-refractivity contribution in [3.05, 3.63) is 91.8 Å². The lowest BCUT2D eigenvalue weighted by atomic mass is 10.2. The topological polar surface area (TPSA) is 86.3 Å². The van der Waals surface area contributed by atoms with Crippen molar-refractivity contribution in [1.29, 1.82) is 0 Å². The molecule has 0 saturated carbocycles. The second-order valence-electron chi connectivity index (χ2n) is 7.30. The number of carbonyl (C=O) groups excluding carboxylic acids is 1. The van der Waals surface area contributed by atoms with E-state index >= 15 is 0 Å². The van der Waals surface area contributed by atoms with E-state index in [2.05, 4.69) is 21.2 Å². The van der Waals surface area contributed by atoms with E-state index in [0.29, 0.717) is 17.9 Å². The van der Waals surface area contributed by atoms with Crippen LogP contribution in [0, 0.1) is 18.6 Å². The lowest BCUT2D eigenvalue weighted by Crippen LogP contribution is -2.37. The summed E-state index contributed by atoms with van der Waals surface area (Å²) in [7, 11) is 0. The molecule has 33 heavy (non-hydrogen) atoms. The van der Waals surface area contributed by atoms with Gasteiger partial charge in [-0.1, -0.05) is 12.1 Å². The van der Waals surface area contributed by atoms with Gasteiger partial charge < -0.3 is 15.8 Å². The number of ether oxygens (including phenoxy) is 1. The minimum absolute atomic E-state index is 0. The molecule has 6 nitrogen and oxygen atoms in total. The first-order chi connectivity index (χ1) is 15.2. The summed E-state index contributed by atoms with van der Waals surface area (Å²) in [6.45, 7) is 3.52. The zero-order valence-electron chi connectivity index (χ0n) is 17.9. The molecule has 0 spiro atoms. The number of carbonyl (C=O) groups is 1. The maximum atomic E-state index is 13.8. The summed E-state index contributed by atoms with van der Waals surface area (Å²) >= 11 is 3.26. The third-order valence-electron chi connectivity index (χ3n) is 4.77. The first kappa shape index (κ1) is 26.5. The molecule has 0 unspecified atom stereocenters. The minimum Gasteiger partial charge on any atom is -0.487 e. The number of nitrogens with zero attached hydrogens (tertiary/aromatic N) is 1. The van der Waals surface area contributed by atoms with Crippen molar-refractivity contribution >= 4 is 34.2 Å². The highest BCUT2D eigenvalue weighted by Gasteiger charge is 2.15. The molecule has 0 bridgehead atoms. The maximum Gasteiger partial charge on any atom is 0.273 e. The fraction of sp³-hybridized carbons (Fsp3) is 0.217. The third kappa shape index (κ3) is 6.40. The van der Waals surface area contributed by atoms with Crippen molar-refractivity contribution in [1.82, 2.24) is 9.88 Å². The molecule has 1 amide bonds. The molecular formula is C23H23BrClF2N3O3. The maximum absolute atomic E-state index is 13.8. The number of benzene rings is 2. The van der Waals surface area contributed by atoms with E-state index in [1.807, 2.05) is 0 Å². The van der Waals surface area contributed by atoms with Gasteiger partial charge in [0.15, 0.2) is 0 Å². The van der Waals surface area contributed by atoms with Gasteiger partial charge in [0.05, 0.1) is 6.04 Å². The highest BCUT2D eigenvalue weighted by atomic mass is 79.9. The molecule has 3 aromatic rings. The predicted molar refractivity (Wildman–Crippen MR) is 128 cm³/mol. The molecular weight excluding hydrogens is 520 g/mol.